The van der Waals surface area contributed by atoms with Gasteiger partial charge in [-0.05, 0) is 31.4 Å². The van der Waals surface area contributed by atoms with E-state index in [4.69, 9.17) is 5.26 Å². The maximum absolute atomic E-state index is 14.3. The lowest BCUT2D eigenvalue weighted by Gasteiger charge is -2.34. The minimum Gasteiger partial charge on any atom is -0.369 e. The van der Waals surface area contributed by atoms with Crippen LogP contribution in [0.4, 0.5) is 23.2 Å². The summed E-state index contributed by atoms with van der Waals surface area (Å²) in [6.45, 7) is 2.00. The number of piperidine rings is 1. The van der Waals surface area contributed by atoms with Crippen LogP contribution >= 0.6 is 0 Å². The van der Waals surface area contributed by atoms with Gasteiger partial charge in [-0.15, -0.1) is 0 Å². The lowest BCUT2D eigenvalue weighted by Crippen LogP contribution is -2.39. The summed E-state index contributed by atoms with van der Waals surface area (Å²) in [5.74, 6) is -1.70. The molecule has 1 fully saturated rings. The van der Waals surface area contributed by atoms with Gasteiger partial charge in [0.05, 0.1) is 32.9 Å². The van der Waals surface area contributed by atoms with Gasteiger partial charge in [0, 0.05) is 18.8 Å². The van der Waals surface area contributed by atoms with Crippen LogP contribution in [-0.2, 0) is 10.8 Å². The first-order chi connectivity index (χ1) is 11.3. The molecule has 1 atom stereocenters. The van der Waals surface area contributed by atoms with Crippen molar-refractivity contribution in [2.75, 3.05) is 23.7 Å². The molecule has 1 aliphatic heterocycles. The van der Waals surface area contributed by atoms with Crippen LogP contribution in [0.2, 0.25) is 0 Å². The van der Waals surface area contributed by atoms with Gasteiger partial charge >= 0.3 is 6.18 Å². The highest BCUT2D eigenvalue weighted by Crippen LogP contribution is 2.36. The van der Waals surface area contributed by atoms with E-state index in [0.717, 1.165) is 6.07 Å². The Hall–Kier alpha value is -1.62. The summed E-state index contributed by atoms with van der Waals surface area (Å²) in [6, 6.07) is 4.21. The summed E-state index contributed by atoms with van der Waals surface area (Å²) in [6.07, 6.45) is -3.79. The van der Waals surface area contributed by atoms with Crippen molar-refractivity contribution in [3.63, 3.8) is 0 Å². The topological polar surface area (TPSA) is 44.1 Å². The minimum absolute atomic E-state index is 0.00760. The molecule has 0 radical (unpaired) electrons. The van der Waals surface area contributed by atoms with E-state index in [2.05, 4.69) is 0 Å². The Labute approximate surface area is 140 Å². The Kier molecular flexibility index (Phi) is 5.86. The van der Waals surface area contributed by atoms with Gasteiger partial charge in [0.25, 0.3) is 0 Å². The van der Waals surface area contributed by atoms with E-state index >= 15 is 0 Å². The van der Waals surface area contributed by atoms with Crippen LogP contribution < -0.4 is 4.90 Å². The molecule has 1 aliphatic rings. The average molecular weight is 362 g/mol. The second-order valence-corrected chi connectivity index (χ2v) is 7.30. The van der Waals surface area contributed by atoms with Crippen molar-refractivity contribution in [1.29, 1.82) is 5.26 Å². The van der Waals surface area contributed by atoms with Crippen LogP contribution in [0.3, 0.4) is 0 Å². The van der Waals surface area contributed by atoms with Crippen molar-refractivity contribution in [2.45, 2.75) is 37.3 Å². The zero-order valence-electron chi connectivity index (χ0n) is 13.2. The molecule has 0 aromatic heterocycles. The van der Waals surface area contributed by atoms with Gasteiger partial charge in [0.1, 0.15) is 11.9 Å². The van der Waals surface area contributed by atoms with E-state index in [1.54, 1.807) is 0 Å². The van der Waals surface area contributed by atoms with E-state index in [9.17, 15) is 21.8 Å². The second kappa shape index (κ2) is 7.51. The normalized spacial score (nSPS) is 17.6. The van der Waals surface area contributed by atoms with Crippen molar-refractivity contribution in [1.82, 2.24) is 0 Å². The number of nitriles is 1. The van der Waals surface area contributed by atoms with Crippen molar-refractivity contribution in [2.24, 2.45) is 5.92 Å². The molecule has 1 unspecified atom stereocenters. The Bertz CT molecular complexity index is 661. The van der Waals surface area contributed by atoms with Gasteiger partial charge in [0.15, 0.2) is 0 Å². The molecular weight excluding hydrogens is 344 g/mol. The maximum Gasteiger partial charge on any atom is 0.391 e. The monoisotopic (exact) mass is 362 g/mol. The SMILES string of the molecule is CCCS(=O)c1cc(N2CCC(C(F)(F)F)CC2)c(F)cc1C#N. The van der Waals surface area contributed by atoms with E-state index in [1.165, 1.54) is 11.0 Å². The van der Waals surface area contributed by atoms with E-state index in [-0.39, 0.29) is 42.1 Å². The van der Waals surface area contributed by atoms with Gasteiger partial charge in [-0.3, -0.25) is 4.21 Å². The molecule has 0 spiro atoms. The van der Waals surface area contributed by atoms with Crippen molar-refractivity contribution >= 4 is 16.5 Å². The third-order valence-electron chi connectivity index (χ3n) is 4.10. The molecule has 1 aromatic rings. The zero-order chi connectivity index (χ0) is 17.9. The van der Waals surface area contributed by atoms with E-state index in [1.807, 2.05) is 13.0 Å². The Morgan fingerprint density at radius 2 is 1.96 bits per heavy atom. The standard InChI is InChI=1S/C16H18F4N2OS/c1-2-7-24(23)15-9-14(13(17)8-11(15)10-21)22-5-3-12(4-6-22)16(18,19)20/h8-9,12H,2-7H2,1H3. The molecule has 0 saturated carbocycles. The summed E-state index contributed by atoms with van der Waals surface area (Å²) in [7, 11) is -1.43. The summed E-state index contributed by atoms with van der Waals surface area (Å²) < 4.78 is 64.7. The number of anilines is 1. The van der Waals surface area contributed by atoms with Gasteiger partial charge in [-0.1, -0.05) is 6.92 Å². The molecule has 0 aliphatic carbocycles. The first-order valence-electron chi connectivity index (χ1n) is 7.71. The fraction of sp³-hybridized carbons (Fsp3) is 0.562. The molecule has 1 aromatic carbocycles. The molecular formula is C16H18F4N2OS. The fourth-order valence-corrected chi connectivity index (χ4v) is 3.99. The molecule has 0 amide bonds. The number of alkyl halides is 3. The highest BCUT2D eigenvalue weighted by atomic mass is 32.2. The number of hydrogen-bond donors (Lipinski definition) is 0. The van der Waals surface area contributed by atoms with Crippen molar-refractivity contribution in [3.05, 3.63) is 23.5 Å². The molecule has 2 rings (SSSR count). The molecule has 1 heterocycles. The first-order valence-corrected chi connectivity index (χ1v) is 9.03. The fourth-order valence-electron chi connectivity index (χ4n) is 2.80. The van der Waals surface area contributed by atoms with Crippen LogP contribution in [0.5, 0.6) is 0 Å². The lowest BCUT2D eigenvalue weighted by atomic mass is 9.96. The molecule has 0 N–H and O–H groups in total. The van der Waals surface area contributed by atoms with Crippen LogP contribution in [0.25, 0.3) is 0 Å². The first kappa shape index (κ1) is 18.7. The number of benzene rings is 1. The van der Waals surface area contributed by atoms with Crippen molar-refractivity contribution < 1.29 is 21.8 Å². The molecule has 8 heteroatoms. The lowest BCUT2D eigenvalue weighted by molar-refractivity contribution is -0.179. The number of halogens is 4. The summed E-state index contributed by atoms with van der Waals surface area (Å²) in [5, 5.41) is 9.10. The third-order valence-corrected chi connectivity index (χ3v) is 5.71. The van der Waals surface area contributed by atoms with Gasteiger partial charge in [-0.25, -0.2) is 4.39 Å². The zero-order valence-corrected chi connectivity index (χ0v) is 14.0. The molecule has 0 bridgehead atoms. The highest BCUT2D eigenvalue weighted by Gasteiger charge is 2.41. The number of nitrogens with zero attached hydrogens (tertiary/aromatic N) is 2. The smallest absolute Gasteiger partial charge is 0.369 e. The largest absolute Gasteiger partial charge is 0.391 e. The highest BCUT2D eigenvalue weighted by molar-refractivity contribution is 7.85. The molecule has 132 valence electrons. The van der Waals surface area contributed by atoms with Crippen LogP contribution in [0.15, 0.2) is 17.0 Å². The third kappa shape index (κ3) is 4.07. The van der Waals surface area contributed by atoms with Crippen LogP contribution in [0.1, 0.15) is 31.7 Å². The second-order valence-electron chi connectivity index (χ2n) is 5.76. The Morgan fingerprint density at radius 3 is 2.46 bits per heavy atom. The summed E-state index contributed by atoms with van der Waals surface area (Å²) >= 11 is 0. The van der Waals surface area contributed by atoms with E-state index < -0.39 is 28.7 Å². The van der Waals surface area contributed by atoms with Gasteiger partial charge in [0.2, 0.25) is 0 Å². The number of hydrogen-bond acceptors (Lipinski definition) is 3. The predicted octanol–water partition coefficient (Wildman–Crippen LogP) is 3.99. The molecule has 3 nitrogen and oxygen atoms in total. The van der Waals surface area contributed by atoms with Gasteiger partial charge in [-0.2, -0.15) is 18.4 Å². The molecule has 1 saturated heterocycles. The number of rotatable bonds is 4. The summed E-state index contributed by atoms with van der Waals surface area (Å²) in [4.78, 5) is 1.78. The van der Waals surface area contributed by atoms with Gasteiger partial charge < -0.3 is 4.90 Å². The Balaban J connectivity index is 2.27. The minimum atomic E-state index is -4.23. The maximum atomic E-state index is 14.3. The van der Waals surface area contributed by atoms with Crippen LogP contribution in [0, 0.1) is 23.1 Å². The summed E-state index contributed by atoms with van der Waals surface area (Å²) in [5.41, 5.74) is 0.127. The predicted molar refractivity (Wildman–Crippen MR) is 83.7 cm³/mol. The quantitative estimate of drug-likeness (QED) is 0.761. The average Bonchev–Trinajstić information content (AvgIpc) is 2.54. The van der Waals surface area contributed by atoms with Crippen molar-refractivity contribution in [3.8, 4) is 6.07 Å². The Morgan fingerprint density at radius 1 is 1.33 bits per heavy atom. The molecule has 24 heavy (non-hydrogen) atoms. The van der Waals surface area contributed by atoms with E-state index in [0.29, 0.717) is 12.2 Å². The van der Waals surface area contributed by atoms with Crippen LogP contribution in [-0.4, -0.2) is 29.2 Å².